The summed E-state index contributed by atoms with van der Waals surface area (Å²) in [4.78, 5) is 17.2. The second-order valence-corrected chi connectivity index (χ2v) is 4.48. The number of rotatable bonds is 4. The summed E-state index contributed by atoms with van der Waals surface area (Å²) in [7, 11) is 0. The number of aromatic carboxylic acids is 1. The van der Waals surface area contributed by atoms with Crippen LogP contribution < -0.4 is 0 Å². The molecule has 1 N–H and O–H groups in total. The molecule has 2 heterocycles. The number of carbonyl (C=O) groups is 1. The molecule has 1 unspecified atom stereocenters. The van der Waals surface area contributed by atoms with Crippen LogP contribution in [-0.2, 0) is 11.3 Å². The van der Waals surface area contributed by atoms with Crippen LogP contribution in [0.5, 0.6) is 0 Å². The fourth-order valence-corrected chi connectivity index (χ4v) is 2.04. The Kier molecular flexibility index (Phi) is 4.28. The number of morpholine rings is 1. The average Bonchev–Trinajstić information content (AvgIpc) is 2.39. The maximum Gasteiger partial charge on any atom is 0.337 e. The van der Waals surface area contributed by atoms with Gasteiger partial charge < -0.3 is 9.84 Å². The Labute approximate surface area is 106 Å². The second kappa shape index (κ2) is 5.93. The fraction of sp³-hybridized carbons (Fsp3) is 0.538. The third kappa shape index (κ3) is 3.27. The van der Waals surface area contributed by atoms with Gasteiger partial charge in [-0.2, -0.15) is 0 Å². The third-order valence-electron chi connectivity index (χ3n) is 3.14. The van der Waals surface area contributed by atoms with Gasteiger partial charge in [-0.05, 0) is 18.6 Å². The van der Waals surface area contributed by atoms with Crippen LogP contribution in [0.4, 0.5) is 0 Å². The molecule has 5 nitrogen and oxygen atoms in total. The van der Waals surface area contributed by atoms with E-state index in [1.807, 2.05) is 0 Å². The SMILES string of the molecule is CCC1CN(Cc2ccc(C(=O)O)cn2)CCO1. The van der Waals surface area contributed by atoms with Gasteiger partial charge in [0.1, 0.15) is 0 Å². The van der Waals surface area contributed by atoms with Gasteiger partial charge in [-0.3, -0.25) is 9.88 Å². The summed E-state index contributed by atoms with van der Waals surface area (Å²) in [6.45, 7) is 5.44. The van der Waals surface area contributed by atoms with Crippen molar-refractivity contribution in [3.63, 3.8) is 0 Å². The molecule has 0 amide bonds. The van der Waals surface area contributed by atoms with Crippen molar-refractivity contribution in [3.8, 4) is 0 Å². The minimum absolute atomic E-state index is 0.229. The summed E-state index contributed by atoms with van der Waals surface area (Å²) < 4.78 is 5.61. The van der Waals surface area contributed by atoms with E-state index in [4.69, 9.17) is 9.84 Å². The van der Waals surface area contributed by atoms with Crippen LogP contribution in [0.25, 0.3) is 0 Å². The molecule has 1 atom stereocenters. The van der Waals surface area contributed by atoms with E-state index in [1.165, 1.54) is 6.20 Å². The number of aromatic nitrogens is 1. The van der Waals surface area contributed by atoms with E-state index in [2.05, 4.69) is 16.8 Å². The minimum atomic E-state index is -0.938. The van der Waals surface area contributed by atoms with Crippen LogP contribution in [0.1, 0.15) is 29.4 Å². The molecule has 5 heteroatoms. The minimum Gasteiger partial charge on any atom is -0.478 e. The number of carboxylic acid groups (broad SMARTS) is 1. The third-order valence-corrected chi connectivity index (χ3v) is 3.14. The van der Waals surface area contributed by atoms with Crippen molar-refractivity contribution in [2.45, 2.75) is 26.0 Å². The summed E-state index contributed by atoms with van der Waals surface area (Å²) in [5.41, 5.74) is 1.13. The molecule has 0 saturated carbocycles. The molecule has 2 rings (SSSR count). The van der Waals surface area contributed by atoms with Gasteiger partial charge in [0, 0.05) is 25.8 Å². The predicted molar refractivity (Wildman–Crippen MR) is 66.5 cm³/mol. The first-order chi connectivity index (χ1) is 8.69. The van der Waals surface area contributed by atoms with E-state index in [9.17, 15) is 4.79 Å². The zero-order chi connectivity index (χ0) is 13.0. The lowest BCUT2D eigenvalue weighted by Crippen LogP contribution is -2.41. The number of nitrogens with zero attached hydrogens (tertiary/aromatic N) is 2. The van der Waals surface area contributed by atoms with Crippen molar-refractivity contribution < 1.29 is 14.6 Å². The summed E-state index contributed by atoms with van der Waals surface area (Å²) in [6, 6.07) is 3.38. The van der Waals surface area contributed by atoms with Gasteiger partial charge in [0.2, 0.25) is 0 Å². The summed E-state index contributed by atoms with van der Waals surface area (Å²) in [6.07, 6.45) is 2.73. The van der Waals surface area contributed by atoms with E-state index in [0.717, 1.165) is 38.4 Å². The lowest BCUT2D eigenvalue weighted by atomic mass is 10.2. The van der Waals surface area contributed by atoms with Crippen LogP contribution in [0, 0.1) is 0 Å². The molecule has 1 aromatic heterocycles. The Morgan fingerprint density at radius 3 is 3.06 bits per heavy atom. The van der Waals surface area contributed by atoms with Crippen LogP contribution in [0.15, 0.2) is 18.3 Å². The monoisotopic (exact) mass is 250 g/mol. The fourth-order valence-electron chi connectivity index (χ4n) is 2.04. The molecule has 0 aliphatic carbocycles. The molecule has 0 spiro atoms. The highest BCUT2D eigenvalue weighted by molar-refractivity contribution is 5.87. The second-order valence-electron chi connectivity index (χ2n) is 4.48. The molecular formula is C13H18N2O3. The Morgan fingerprint density at radius 1 is 1.61 bits per heavy atom. The van der Waals surface area contributed by atoms with E-state index in [-0.39, 0.29) is 5.56 Å². The van der Waals surface area contributed by atoms with Gasteiger partial charge in [0.25, 0.3) is 0 Å². The predicted octanol–water partition coefficient (Wildman–Crippen LogP) is 1.39. The van der Waals surface area contributed by atoms with Crippen LogP contribution in [0.2, 0.25) is 0 Å². The summed E-state index contributed by atoms with van der Waals surface area (Å²) >= 11 is 0. The molecule has 0 bridgehead atoms. The highest BCUT2D eigenvalue weighted by Crippen LogP contribution is 2.11. The Bertz CT molecular complexity index is 405. The van der Waals surface area contributed by atoms with E-state index < -0.39 is 5.97 Å². The van der Waals surface area contributed by atoms with Crippen molar-refractivity contribution in [3.05, 3.63) is 29.6 Å². The quantitative estimate of drug-likeness (QED) is 0.875. The molecule has 0 aromatic carbocycles. The molecule has 1 aliphatic rings. The first-order valence-electron chi connectivity index (χ1n) is 6.21. The number of ether oxygens (including phenoxy) is 1. The zero-order valence-corrected chi connectivity index (χ0v) is 10.5. The van der Waals surface area contributed by atoms with Crippen molar-refractivity contribution in [2.24, 2.45) is 0 Å². The van der Waals surface area contributed by atoms with E-state index in [1.54, 1.807) is 12.1 Å². The van der Waals surface area contributed by atoms with E-state index in [0.29, 0.717) is 6.10 Å². The maximum atomic E-state index is 10.7. The lowest BCUT2D eigenvalue weighted by Gasteiger charge is -2.32. The zero-order valence-electron chi connectivity index (χ0n) is 10.5. The van der Waals surface area contributed by atoms with Gasteiger partial charge in [0.15, 0.2) is 0 Å². The smallest absolute Gasteiger partial charge is 0.337 e. The largest absolute Gasteiger partial charge is 0.478 e. The first kappa shape index (κ1) is 13.0. The molecule has 1 saturated heterocycles. The number of pyridine rings is 1. The first-order valence-corrected chi connectivity index (χ1v) is 6.21. The Morgan fingerprint density at radius 2 is 2.44 bits per heavy atom. The molecule has 98 valence electrons. The Hall–Kier alpha value is -1.46. The number of hydrogen-bond acceptors (Lipinski definition) is 4. The summed E-state index contributed by atoms with van der Waals surface area (Å²) in [5, 5.41) is 8.80. The van der Waals surface area contributed by atoms with Gasteiger partial charge in [-0.1, -0.05) is 6.92 Å². The molecule has 1 aliphatic heterocycles. The molecule has 1 fully saturated rings. The standard InChI is InChI=1S/C13H18N2O3/c1-2-12-9-15(5-6-18-12)8-11-4-3-10(7-14-11)13(16)17/h3-4,7,12H,2,5-6,8-9H2,1H3,(H,16,17). The van der Waals surface area contributed by atoms with Gasteiger partial charge in [0.05, 0.1) is 24.0 Å². The normalized spacial score (nSPS) is 20.8. The van der Waals surface area contributed by atoms with Crippen molar-refractivity contribution >= 4 is 5.97 Å². The summed E-state index contributed by atoms with van der Waals surface area (Å²) in [5.74, 6) is -0.938. The molecular weight excluding hydrogens is 232 g/mol. The van der Waals surface area contributed by atoms with Gasteiger partial charge in [-0.25, -0.2) is 4.79 Å². The molecule has 18 heavy (non-hydrogen) atoms. The van der Waals surface area contributed by atoms with Crippen molar-refractivity contribution in [1.29, 1.82) is 0 Å². The van der Waals surface area contributed by atoms with Crippen LogP contribution in [0.3, 0.4) is 0 Å². The lowest BCUT2D eigenvalue weighted by molar-refractivity contribution is -0.0328. The average molecular weight is 250 g/mol. The topological polar surface area (TPSA) is 62.7 Å². The Balaban J connectivity index is 1.94. The highest BCUT2D eigenvalue weighted by Gasteiger charge is 2.19. The molecule has 0 radical (unpaired) electrons. The van der Waals surface area contributed by atoms with Crippen molar-refractivity contribution in [1.82, 2.24) is 9.88 Å². The van der Waals surface area contributed by atoms with Crippen molar-refractivity contribution in [2.75, 3.05) is 19.7 Å². The van der Waals surface area contributed by atoms with Crippen LogP contribution >= 0.6 is 0 Å². The number of carboxylic acids is 1. The van der Waals surface area contributed by atoms with E-state index >= 15 is 0 Å². The number of hydrogen-bond donors (Lipinski definition) is 1. The van der Waals surface area contributed by atoms with Crippen LogP contribution in [-0.4, -0.2) is 46.8 Å². The van der Waals surface area contributed by atoms with Gasteiger partial charge in [-0.15, -0.1) is 0 Å². The maximum absolute atomic E-state index is 10.7. The molecule has 1 aromatic rings. The van der Waals surface area contributed by atoms with Gasteiger partial charge >= 0.3 is 5.97 Å². The highest BCUT2D eigenvalue weighted by atomic mass is 16.5.